The molecule has 0 aliphatic carbocycles. The molecule has 0 bridgehead atoms. The monoisotopic (exact) mass is 418 g/mol. The summed E-state index contributed by atoms with van der Waals surface area (Å²) in [6, 6.07) is 8.46. The van der Waals surface area contributed by atoms with E-state index >= 15 is 0 Å². The van der Waals surface area contributed by atoms with Crippen molar-refractivity contribution in [2.75, 3.05) is 30.3 Å². The van der Waals surface area contributed by atoms with E-state index < -0.39 is 0 Å². The van der Waals surface area contributed by atoms with Gasteiger partial charge in [-0.1, -0.05) is 37.6 Å². The molecular weight excluding hydrogens is 388 g/mol. The number of rotatable bonds is 5. The number of nitrogens with zero attached hydrogens (tertiary/aromatic N) is 4. The summed E-state index contributed by atoms with van der Waals surface area (Å²) >= 11 is 6.08. The van der Waals surface area contributed by atoms with E-state index in [0.29, 0.717) is 17.9 Å². The molecule has 1 unspecified atom stereocenters. The molecule has 1 aromatic carbocycles. The highest BCUT2D eigenvalue weighted by Gasteiger charge is 2.39. The molecule has 2 saturated heterocycles. The maximum Gasteiger partial charge on any atom is 0.227 e. The second-order valence-corrected chi connectivity index (χ2v) is 8.94. The van der Waals surface area contributed by atoms with Gasteiger partial charge < -0.3 is 15.4 Å². The number of H-pyrrole nitrogens is 1. The smallest absolute Gasteiger partial charge is 0.227 e. The molecule has 7 nitrogen and oxygen atoms in total. The molecule has 2 aliphatic rings. The Morgan fingerprint density at radius 1 is 1.24 bits per heavy atom. The quantitative estimate of drug-likeness (QED) is 0.774. The van der Waals surface area contributed by atoms with E-state index in [1.807, 2.05) is 12.1 Å². The number of aromatic nitrogens is 3. The first kappa shape index (κ1) is 20.4. The van der Waals surface area contributed by atoms with E-state index in [2.05, 4.69) is 51.0 Å². The normalized spacial score (nSPS) is 26.2. The average Bonchev–Trinajstić information content (AvgIpc) is 3.16. The van der Waals surface area contributed by atoms with Crippen LogP contribution in [0.2, 0.25) is 5.02 Å². The fourth-order valence-corrected chi connectivity index (χ4v) is 4.60. The van der Waals surface area contributed by atoms with Crippen LogP contribution >= 0.6 is 11.6 Å². The number of nitrogens with two attached hydrogens (primary N) is 1. The lowest BCUT2D eigenvalue weighted by atomic mass is 9.96. The molecule has 0 amide bonds. The lowest BCUT2D eigenvalue weighted by molar-refractivity contribution is -0.0984. The van der Waals surface area contributed by atoms with Gasteiger partial charge in [0.05, 0.1) is 18.9 Å². The first-order valence-electron chi connectivity index (χ1n) is 10.6. The summed E-state index contributed by atoms with van der Waals surface area (Å²) in [6.07, 6.45) is 4.89. The Kier molecular flexibility index (Phi) is 6.27. The van der Waals surface area contributed by atoms with Crippen LogP contribution in [-0.2, 0) is 11.2 Å². The SMILES string of the molecule is CC(C)[C@H]1CN(C2CCCCN2c2nnc(N)[nH]2)[C@@H](Cc2ccc(Cl)cc2)CO1. The molecular formula is C21H31ClN6O. The summed E-state index contributed by atoms with van der Waals surface area (Å²) in [7, 11) is 0. The molecule has 2 aliphatic heterocycles. The van der Waals surface area contributed by atoms with Crippen molar-refractivity contribution in [3.63, 3.8) is 0 Å². The molecule has 4 rings (SSSR count). The maximum atomic E-state index is 6.27. The summed E-state index contributed by atoms with van der Waals surface area (Å²) in [5.41, 5.74) is 7.09. The van der Waals surface area contributed by atoms with Gasteiger partial charge in [-0.15, -0.1) is 10.2 Å². The van der Waals surface area contributed by atoms with Gasteiger partial charge in [-0.25, -0.2) is 0 Å². The fraction of sp³-hybridized carbons (Fsp3) is 0.619. The highest BCUT2D eigenvalue weighted by Crippen LogP contribution is 2.30. The Hall–Kier alpha value is -1.83. The van der Waals surface area contributed by atoms with Crippen LogP contribution in [0.15, 0.2) is 24.3 Å². The number of morpholine rings is 1. The average molecular weight is 419 g/mol. The van der Waals surface area contributed by atoms with Gasteiger partial charge in [0.15, 0.2) is 0 Å². The van der Waals surface area contributed by atoms with Crippen molar-refractivity contribution in [1.82, 2.24) is 20.1 Å². The predicted octanol–water partition coefficient (Wildman–Crippen LogP) is 3.32. The Labute approximate surface area is 177 Å². The summed E-state index contributed by atoms with van der Waals surface area (Å²) in [5, 5.41) is 9.03. The topological polar surface area (TPSA) is 83.3 Å². The highest BCUT2D eigenvalue weighted by atomic mass is 35.5. The van der Waals surface area contributed by atoms with Crippen LogP contribution in [0.3, 0.4) is 0 Å². The van der Waals surface area contributed by atoms with E-state index in [0.717, 1.165) is 49.9 Å². The number of piperidine rings is 1. The van der Waals surface area contributed by atoms with Crippen LogP contribution in [0.1, 0.15) is 38.7 Å². The van der Waals surface area contributed by atoms with E-state index in [-0.39, 0.29) is 12.3 Å². The molecule has 0 radical (unpaired) electrons. The standard InChI is InChI=1S/C21H31ClN6O/c1-14(2)18-12-28(17(13-29-18)11-15-6-8-16(22)9-7-15)19-5-3-4-10-27(19)21-24-20(23)25-26-21/h6-9,14,17-19H,3-5,10-13H2,1-2H3,(H3,23,24,25,26)/t17-,18+,19?/m0/s1. The van der Waals surface area contributed by atoms with Gasteiger partial charge >= 0.3 is 0 Å². The number of hydrogen-bond donors (Lipinski definition) is 2. The summed E-state index contributed by atoms with van der Waals surface area (Å²) in [5.74, 6) is 1.61. The Morgan fingerprint density at radius 3 is 2.72 bits per heavy atom. The van der Waals surface area contributed by atoms with E-state index in [4.69, 9.17) is 22.1 Å². The minimum absolute atomic E-state index is 0.236. The highest BCUT2D eigenvalue weighted by molar-refractivity contribution is 6.30. The number of nitrogen functional groups attached to an aromatic ring is 1. The molecule has 3 atom stereocenters. The number of benzene rings is 1. The van der Waals surface area contributed by atoms with Gasteiger partial charge in [0.25, 0.3) is 0 Å². The van der Waals surface area contributed by atoms with E-state index in [1.54, 1.807) is 0 Å². The molecule has 8 heteroatoms. The number of hydrogen-bond acceptors (Lipinski definition) is 6. The largest absolute Gasteiger partial charge is 0.375 e. The van der Waals surface area contributed by atoms with Crippen molar-refractivity contribution >= 4 is 23.5 Å². The molecule has 2 fully saturated rings. The summed E-state index contributed by atoms with van der Waals surface area (Å²) < 4.78 is 6.27. The van der Waals surface area contributed by atoms with Crippen LogP contribution in [0.4, 0.5) is 11.9 Å². The molecule has 3 heterocycles. The maximum absolute atomic E-state index is 6.27. The minimum Gasteiger partial charge on any atom is -0.375 e. The third kappa shape index (κ3) is 4.68. The summed E-state index contributed by atoms with van der Waals surface area (Å²) in [4.78, 5) is 8.09. The lowest BCUT2D eigenvalue weighted by Crippen LogP contribution is -2.62. The van der Waals surface area contributed by atoms with Gasteiger partial charge in [-0.05, 0) is 49.3 Å². The second kappa shape index (κ2) is 8.90. The van der Waals surface area contributed by atoms with Gasteiger partial charge in [-0.2, -0.15) is 0 Å². The zero-order valence-corrected chi connectivity index (χ0v) is 18.0. The van der Waals surface area contributed by atoms with Crippen LogP contribution in [-0.4, -0.2) is 58.1 Å². The molecule has 29 heavy (non-hydrogen) atoms. The Morgan fingerprint density at radius 2 is 2.03 bits per heavy atom. The van der Waals surface area contributed by atoms with Crippen LogP contribution in [0, 0.1) is 5.92 Å². The lowest BCUT2D eigenvalue weighted by Gasteiger charge is -2.50. The molecule has 1 aromatic heterocycles. The number of aromatic amines is 1. The minimum atomic E-state index is 0.236. The van der Waals surface area contributed by atoms with Gasteiger partial charge in [0, 0.05) is 24.2 Å². The molecule has 3 N–H and O–H groups in total. The predicted molar refractivity (Wildman–Crippen MR) is 116 cm³/mol. The molecule has 0 saturated carbocycles. The van der Waals surface area contributed by atoms with Crippen molar-refractivity contribution in [2.24, 2.45) is 5.92 Å². The second-order valence-electron chi connectivity index (χ2n) is 8.50. The van der Waals surface area contributed by atoms with Crippen LogP contribution in [0.25, 0.3) is 0 Å². The van der Waals surface area contributed by atoms with E-state index in [9.17, 15) is 0 Å². The molecule has 0 spiro atoms. The molecule has 2 aromatic rings. The van der Waals surface area contributed by atoms with Gasteiger partial charge in [-0.3, -0.25) is 9.88 Å². The van der Waals surface area contributed by atoms with Gasteiger partial charge in [0.2, 0.25) is 11.9 Å². The van der Waals surface area contributed by atoms with Gasteiger partial charge in [0.1, 0.15) is 0 Å². The summed E-state index contributed by atoms with van der Waals surface area (Å²) in [6.45, 7) is 7.07. The van der Waals surface area contributed by atoms with Crippen LogP contribution in [0.5, 0.6) is 0 Å². The Balaban J connectivity index is 1.59. The third-order valence-electron chi connectivity index (χ3n) is 6.11. The van der Waals surface area contributed by atoms with Crippen molar-refractivity contribution in [3.05, 3.63) is 34.9 Å². The molecule has 158 valence electrons. The number of nitrogens with one attached hydrogen (secondary N) is 1. The first-order chi connectivity index (χ1) is 14.0. The Bertz CT molecular complexity index is 795. The van der Waals surface area contributed by atoms with E-state index in [1.165, 1.54) is 12.0 Å². The van der Waals surface area contributed by atoms with Crippen molar-refractivity contribution in [1.29, 1.82) is 0 Å². The number of halogens is 1. The zero-order valence-electron chi connectivity index (χ0n) is 17.2. The van der Waals surface area contributed by atoms with Crippen molar-refractivity contribution in [3.8, 4) is 0 Å². The van der Waals surface area contributed by atoms with Crippen LogP contribution < -0.4 is 10.6 Å². The van der Waals surface area contributed by atoms with Crippen molar-refractivity contribution in [2.45, 2.75) is 57.8 Å². The third-order valence-corrected chi connectivity index (χ3v) is 6.36. The fourth-order valence-electron chi connectivity index (χ4n) is 4.48. The first-order valence-corrected chi connectivity index (χ1v) is 11.0. The number of ether oxygens (including phenoxy) is 1. The zero-order chi connectivity index (χ0) is 20.4. The van der Waals surface area contributed by atoms with Crippen molar-refractivity contribution < 1.29 is 4.74 Å². The number of anilines is 2.